The lowest BCUT2D eigenvalue weighted by atomic mass is 10.1. The van der Waals surface area contributed by atoms with Crippen LogP contribution in [-0.4, -0.2) is 17.9 Å². The smallest absolute Gasteiger partial charge is 0.255 e. The molecule has 0 unspecified atom stereocenters. The molecule has 0 aliphatic rings. The topological polar surface area (TPSA) is 20.3 Å². The second-order valence-electron chi connectivity index (χ2n) is 4.38. The van der Waals surface area contributed by atoms with Crippen LogP contribution in [0.2, 0.25) is 0 Å². The highest BCUT2D eigenvalue weighted by molar-refractivity contribution is 9.11. The lowest BCUT2D eigenvalue weighted by molar-refractivity contribution is 0.0783. The van der Waals surface area contributed by atoms with Gasteiger partial charge < -0.3 is 4.90 Å². The summed E-state index contributed by atoms with van der Waals surface area (Å²) in [5, 5.41) is 0. The van der Waals surface area contributed by atoms with Gasteiger partial charge in [0.15, 0.2) is 0 Å². The molecule has 0 spiro atoms. The average Bonchev–Trinajstić information content (AvgIpc) is 2.43. The molecule has 2 aromatic rings. The Labute approximate surface area is 133 Å². The molecular formula is C15H12Br2FNO. The first-order valence-corrected chi connectivity index (χ1v) is 7.51. The van der Waals surface area contributed by atoms with Crippen molar-refractivity contribution >= 4 is 37.8 Å². The Kier molecular flexibility index (Phi) is 4.94. The molecule has 0 saturated carbocycles. The van der Waals surface area contributed by atoms with Gasteiger partial charge in [-0.25, -0.2) is 4.39 Å². The average molecular weight is 401 g/mol. The van der Waals surface area contributed by atoms with Gasteiger partial charge in [-0.15, -0.1) is 0 Å². The van der Waals surface area contributed by atoms with E-state index in [0.717, 1.165) is 4.47 Å². The van der Waals surface area contributed by atoms with Gasteiger partial charge in [-0.1, -0.05) is 34.1 Å². The minimum absolute atomic E-state index is 0.165. The normalized spacial score (nSPS) is 10.4. The fraction of sp³-hybridized carbons (Fsp3) is 0.133. The highest BCUT2D eigenvalue weighted by atomic mass is 79.9. The Balaban J connectivity index is 2.21. The van der Waals surface area contributed by atoms with Crippen LogP contribution < -0.4 is 0 Å². The molecule has 0 N–H and O–H groups in total. The molecule has 0 aliphatic carbocycles. The molecule has 20 heavy (non-hydrogen) atoms. The maximum atomic E-state index is 13.6. The van der Waals surface area contributed by atoms with E-state index in [1.54, 1.807) is 37.4 Å². The first-order chi connectivity index (χ1) is 9.49. The first-order valence-electron chi connectivity index (χ1n) is 5.93. The number of carbonyl (C=O) groups is 1. The molecule has 0 heterocycles. The van der Waals surface area contributed by atoms with Gasteiger partial charge in [0.05, 0.1) is 5.56 Å². The van der Waals surface area contributed by atoms with Crippen molar-refractivity contribution in [3.63, 3.8) is 0 Å². The third-order valence-corrected chi connectivity index (χ3v) is 4.06. The van der Waals surface area contributed by atoms with Crippen molar-refractivity contribution in [2.45, 2.75) is 6.54 Å². The second kappa shape index (κ2) is 6.50. The molecule has 0 saturated heterocycles. The van der Waals surface area contributed by atoms with E-state index in [4.69, 9.17) is 0 Å². The van der Waals surface area contributed by atoms with Gasteiger partial charge in [0.25, 0.3) is 5.91 Å². The highest BCUT2D eigenvalue weighted by Crippen LogP contribution is 2.23. The molecule has 2 rings (SSSR count). The number of hydrogen-bond acceptors (Lipinski definition) is 1. The van der Waals surface area contributed by atoms with Crippen LogP contribution in [-0.2, 0) is 6.54 Å². The van der Waals surface area contributed by atoms with Gasteiger partial charge >= 0.3 is 0 Å². The summed E-state index contributed by atoms with van der Waals surface area (Å²) in [5.41, 5.74) is 1.03. The SMILES string of the molecule is CN(Cc1ccccc1F)C(=O)c1cc(Br)ccc1Br. The molecule has 5 heteroatoms. The fourth-order valence-electron chi connectivity index (χ4n) is 1.82. The van der Waals surface area contributed by atoms with E-state index in [9.17, 15) is 9.18 Å². The summed E-state index contributed by atoms with van der Waals surface area (Å²) in [5.74, 6) is -0.470. The summed E-state index contributed by atoms with van der Waals surface area (Å²) in [6, 6.07) is 11.8. The molecule has 104 valence electrons. The summed E-state index contributed by atoms with van der Waals surface area (Å²) in [6.07, 6.45) is 0. The number of hydrogen-bond donors (Lipinski definition) is 0. The van der Waals surface area contributed by atoms with Crippen LogP contribution in [0.25, 0.3) is 0 Å². The van der Waals surface area contributed by atoms with Crippen molar-refractivity contribution in [3.8, 4) is 0 Å². The van der Waals surface area contributed by atoms with Crippen LogP contribution in [0.5, 0.6) is 0 Å². The Morgan fingerprint density at radius 2 is 1.90 bits per heavy atom. The van der Waals surface area contributed by atoms with Gasteiger partial charge in [0, 0.05) is 28.1 Å². The van der Waals surface area contributed by atoms with Gasteiger partial charge in [-0.3, -0.25) is 4.79 Å². The maximum absolute atomic E-state index is 13.6. The minimum Gasteiger partial charge on any atom is -0.337 e. The van der Waals surface area contributed by atoms with Gasteiger partial charge in [-0.2, -0.15) is 0 Å². The number of benzene rings is 2. The van der Waals surface area contributed by atoms with Crippen LogP contribution in [0.3, 0.4) is 0 Å². The van der Waals surface area contributed by atoms with Crippen LogP contribution in [0.15, 0.2) is 51.4 Å². The quantitative estimate of drug-likeness (QED) is 0.735. The van der Waals surface area contributed by atoms with Gasteiger partial charge in [0.1, 0.15) is 5.82 Å². The van der Waals surface area contributed by atoms with Crippen LogP contribution >= 0.6 is 31.9 Å². The van der Waals surface area contributed by atoms with E-state index in [2.05, 4.69) is 31.9 Å². The molecule has 0 radical (unpaired) electrons. The Morgan fingerprint density at radius 1 is 1.20 bits per heavy atom. The number of nitrogens with zero attached hydrogens (tertiary/aromatic N) is 1. The van der Waals surface area contributed by atoms with E-state index >= 15 is 0 Å². The fourth-order valence-corrected chi connectivity index (χ4v) is 2.60. The van der Waals surface area contributed by atoms with Crippen LogP contribution in [0, 0.1) is 5.82 Å². The van der Waals surface area contributed by atoms with Crippen molar-refractivity contribution in [1.29, 1.82) is 0 Å². The summed E-state index contributed by atoms with van der Waals surface area (Å²) in [7, 11) is 1.65. The van der Waals surface area contributed by atoms with E-state index in [1.807, 2.05) is 6.07 Å². The lowest BCUT2D eigenvalue weighted by Gasteiger charge is -2.18. The zero-order chi connectivity index (χ0) is 14.7. The van der Waals surface area contributed by atoms with Gasteiger partial charge in [-0.05, 0) is 40.2 Å². The predicted octanol–water partition coefficient (Wildman–Crippen LogP) is 4.62. The minimum atomic E-state index is -0.305. The highest BCUT2D eigenvalue weighted by Gasteiger charge is 2.16. The van der Waals surface area contributed by atoms with Crippen molar-refractivity contribution in [2.24, 2.45) is 0 Å². The Bertz CT molecular complexity index is 646. The zero-order valence-corrected chi connectivity index (χ0v) is 13.9. The van der Waals surface area contributed by atoms with Crippen molar-refractivity contribution in [2.75, 3.05) is 7.05 Å². The van der Waals surface area contributed by atoms with E-state index < -0.39 is 0 Å². The lowest BCUT2D eigenvalue weighted by Crippen LogP contribution is -2.27. The zero-order valence-electron chi connectivity index (χ0n) is 10.7. The number of rotatable bonds is 3. The molecule has 0 atom stereocenters. The summed E-state index contributed by atoms with van der Waals surface area (Å²) < 4.78 is 15.1. The maximum Gasteiger partial charge on any atom is 0.255 e. The molecule has 2 nitrogen and oxygen atoms in total. The monoisotopic (exact) mass is 399 g/mol. The summed E-state index contributed by atoms with van der Waals surface area (Å²) in [4.78, 5) is 13.9. The third kappa shape index (κ3) is 3.46. The Morgan fingerprint density at radius 3 is 2.60 bits per heavy atom. The molecule has 0 aliphatic heterocycles. The molecule has 0 bridgehead atoms. The van der Waals surface area contributed by atoms with Gasteiger partial charge in [0.2, 0.25) is 0 Å². The Hall–Kier alpha value is -1.20. The number of amides is 1. The molecular weight excluding hydrogens is 389 g/mol. The molecule has 0 fully saturated rings. The van der Waals surface area contributed by atoms with Crippen molar-refractivity contribution in [1.82, 2.24) is 4.90 Å². The molecule has 1 amide bonds. The largest absolute Gasteiger partial charge is 0.337 e. The summed E-state index contributed by atoms with van der Waals surface area (Å²) >= 11 is 6.70. The van der Waals surface area contributed by atoms with Crippen LogP contribution in [0.1, 0.15) is 15.9 Å². The number of halogens is 3. The van der Waals surface area contributed by atoms with Crippen LogP contribution in [0.4, 0.5) is 4.39 Å². The number of carbonyl (C=O) groups excluding carboxylic acids is 1. The third-order valence-electron chi connectivity index (χ3n) is 2.87. The second-order valence-corrected chi connectivity index (χ2v) is 6.15. The first kappa shape index (κ1) is 15.2. The van der Waals surface area contributed by atoms with Crippen molar-refractivity contribution < 1.29 is 9.18 Å². The molecule has 2 aromatic carbocycles. The summed E-state index contributed by atoms with van der Waals surface area (Å²) in [6.45, 7) is 0.227. The molecule has 0 aromatic heterocycles. The van der Waals surface area contributed by atoms with Crippen molar-refractivity contribution in [3.05, 3.63) is 68.4 Å². The van der Waals surface area contributed by atoms with E-state index in [-0.39, 0.29) is 18.3 Å². The predicted molar refractivity (Wildman–Crippen MR) is 84.0 cm³/mol. The van der Waals surface area contributed by atoms with E-state index in [0.29, 0.717) is 15.6 Å². The van der Waals surface area contributed by atoms with E-state index in [1.165, 1.54) is 11.0 Å². The standard InChI is InChI=1S/C15H12Br2FNO/c1-19(9-10-4-2-3-5-14(10)18)15(20)12-8-11(16)6-7-13(12)17/h2-8H,9H2,1H3.